The Morgan fingerprint density at radius 1 is 0.449 bits per heavy atom. The third kappa shape index (κ3) is 55.1. The van der Waals surface area contributed by atoms with Gasteiger partial charge in [-0.2, -0.15) is 0 Å². The zero-order chi connectivity index (χ0) is 50.6. The third-order valence-electron chi connectivity index (χ3n) is 14.6. The lowest BCUT2D eigenvalue weighted by molar-refractivity contribution is -0.870. The minimum atomic E-state index is -4.57. The first kappa shape index (κ1) is 68.5. The maximum atomic E-state index is 13.0. The number of nitrogens with one attached hydrogen (secondary N) is 1. The number of amides is 1. The van der Waals surface area contributed by atoms with Crippen LogP contribution in [0.1, 0.15) is 328 Å². The molecule has 0 aromatic heterocycles. The molecule has 9 heteroatoms. The zero-order valence-corrected chi connectivity index (χ0v) is 48.2. The van der Waals surface area contributed by atoms with Gasteiger partial charge in [-0.15, -0.1) is 0 Å². The summed E-state index contributed by atoms with van der Waals surface area (Å²) < 4.78 is 23.4. The minimum Gasteiger partial charge on any atom is -0.756 e. The smallest absolute Gasteiger partial charge is 0.268 e. The topological polar surface area (TPSA) is 108 Å². The van der Waals surface area contributed by atoms with Crippen molar-refractivity contribution < 1.29 is 32.9 Å². The van der Waals surface area contributed by atoms with Crippen molar-refractivity contribution in [2.75, 3.05) is 40.9 Å². The number of likely N-dealkylation sites (N-methyl/N-ethyl adjacent to an activating group) is 1. The van der Waals surface area contributed by atoms with E-state index in [1.807, 2.05) is 21.1 Å². The van der Waals surface area contributed by atoms with Crippen molar-refractivity contribution in [1.82, 2.24) is 5.32 Å². The van der Waals surface area contributed by atoms with Crippen LogP contribution in [0.5, 0.6) is 0 Å². The molecule has 69 heavy (non-hydrogen) atoms. The summed E-state index contributed by atoms with van der Waals surface area (Å²) in [5.41, 5.74) is 0. The van der Waals surface area contributed by atoms with Gasteiger partial charge in [-0.1, -0.05) is 309 Å². The number of aliphatic hydroxyl groups is 1. The molecule has 0 rings (SSSR count). The van der Waals surface area contributed by atoms with Crippen LogP contribution in [-0.4, -0.2) is 68.5 Å². The van der Waals surface area contributed by atoms with Gasteiger partial charge in [0, 0.05) is 6.42 Å². The molecule has 0 aromatic carbocycles. The molecule has 0 bridgehead atoms. The van der Waals surface area contributed by atoms with E-state index < -0.39 is 20.0 Å². The molecule has 2 N–H and O–H groups in total. The monoisotopic (exact) mass is 999 g/mol. The highest BCUT2D eigenvalue weighted by molar-refractivity contribution is 7.45. The van der Waals surface area contributed by atoms with Gasteiger partial charge in [0.15, 0.2) is 0 Å². The van der Waals surface area contributed by atoms with Gasteiger partial charge < -0.3 is 28.8 Å². The second-order valence-electron chi connectivity index (χ2n) is 22.8. The Morgan fingerprint density at radius 3 is 0.986 bits per heavy atom. The fourth-order valence-corrected chi connectivity index (χ4v) is 10.5. The first-order valence-electron chi connectivity index (χ1n) is 30.9. The molecule has 0 heterocycles. The molecular weight excluding hydrogens is 876 g/mol. The predicted octanol–water partition coefficient (Wildman–Crippen LogP) is 18.2. The number of aliphatic hydroxyl groups excluding tert-OH is 1. The van der Waals surface area contributed by atoms with Crippen molar-refractivity contribution in [1.29, 1.82) is 0 Å². The number of nitrogens with zero attached hydrogens (tertiary/aromatic N) is 1. The lowest BCUT2D eigenvalue weighted by atomic mass is 10.0. The molecule has 0 radical (unpaired) electrons. The van der Waals surface area contributed by atoms with E-state index in [4.69, 9.17) is 9.05 Å². The molecule has 3 atom stereocenters. The average Bonchev–Trinajstić information content (AvgIpc) is 3.31. The molecule has 0 fully saturated rings. The number of hydrogen-bond acceptors (Lipinski definition) is 6. The maximum absolute atomic E-state index is 13.0. The standard InChI is InChI=1S/C60H123N2O6P/c1-6-8-10-12-14-16-18-20-22-23-24-25-26-27-28-29-30-31-32-33-34-35-36-37-38-39-40-42-44-46-48-50-52-54-60(64)61-58(57-68-69(65,66)67-56-55-62(3,4)5)59(63)53-51-49-47-45-43-41-21-19-17-15-13-11-9-7-2/h58-59,63H,6-57H2,1-5H3,(H-,61,64,65,66)/t58-,59+/m0/s1. The van der Waals surface area contributed by atoms with Crippen molar-refractivity contribution in [3.63, 3.8) is 0 Å². The highest BCUT2D eigenvalue weighted by Crippen LogP contribution is 2.38. The van der Waals surface area contributed by atoms with Crippen molar-refractivity contribution >= 4 is 13.7 Å². The van der Waals surface area contributed by atoms with Crippen LogP contribution >= 0.6 is 7.82 Å². The van der Waals surface area contributed by atoms with Crippen LogP contribution in [0.15, 0.2) is 0 Å². The zero-order valence-electron chi connectivity index (χ0n) is 47.3. The van der Waals surface area contributed by atoms with Crippen LogP contribution in [0.3, 0.4) is 0 Å². The summed E-state index contributed by atoms with van der Waals surface area (Å²) in [6.07, 6.45) is 63.1. The molecule has 1 unspecified atom stereocenters. The van der Waals surface area contributed by atoms with Crippen molar-refractivity contribution in [3.8, 4) is 0 Å². The van der Waals surface area contributed by atoms with E-state index in [9.17, 15) is 19.4 Å². The molecule has 1 amide bonds. The molecule has 0 saturated heterocycles. The number of phosphoric ester groups is 1. The fourth-order valence-electron chi connectivity index (χ4n) is 9.75. The Labute approximate surface area is 431 Å². The second kappa shape index (κ2) is 52.4. The van der Waals surface area contributed by atoms with Crippen molar-refractivity contribution in [3.05, 3.63) is 0 Å². The van der Waals surface area contributed by atoms with Crippen LogP contribution in [0.2, 0.25) is 0 Å². The first-order chi connectivity index (χ1) is 33.5. The summed E-state index contributed by atoms with van der Waals surface area (Å²) in [6, 6.07) is -0.794. The molecule has 0 saturated carbocycles. The SMILES string of the molecule is CCCCCCCCCCCCCCCCCCCCCCCCCCCCCCCCCCCC(=O)N[C@@H](COP(=O)([O-])OCC[N+](C)(C)C)[C@H](O)CCCCCCCCCCCCCCCC. The van der Waals surface area contributed by atoms with E-state index in [-0.39, 0.29) is 19.1 Å². The van der Waals surface area contributed by atoms with Crippen LogP contribution in [-0.2, 0) is 18.4 Å². The highest BCUT2D eigenvalue weighted by atomic mass is 31.2. The summed E-state index contributed by atoms with van der Waals surface area (Å²) in [7, 11) is 1.32. The van der Waals surface area contributed by atoms with E-state index in [0.29, 0.717) is 23.9 Å². The van der Waals surface area contributed by atoms with Crippen LogP contribution in [0.25, 0.3) is 0 Å². The Bertz CT molecular complexity index is 1090. The van der Waals surface area contributed by atoms with Crippen LogP contribution in [0.4, 0.5) is 0 Å². The lowest BCUT2D eigenvalue weighted by Gasteiger charge is -2.30. The number of carbonyl (C=O) groups excluding carboxylic acids is 1. The third-order valence-corrected chi connectivity index (χ3v) is 15.6. The van der Waals surface area contributed by atoms with E-state index in [1.165, 1.54) is 263 Å². The summed E-state index contributed by atoms with van der Waals surface area (Å²) in [4.78, 5) is 25.5. The normalized spacial score (nSPS) is 13.8. The summed E-state index contributed by atoms with van der Waals surface area (Å²) in [6.45, 7) is 4.77. The molecule has 0 spiro atoms. The number of quaternary nitrogens is 1. The largest absolute Gasteiger partial charge is 0.756 e. The van der Waals surface area contributed by atoms with Crippen molar-refractivity contribution in [2.24, 2.45) is 0 Å². The average molecular weight is 1000 g/mol. The molecule has 0 aliphatic rings. The quantitative estimate of drug-likeness (QED) is 0.0357. The number of unbranched alkanes of at least 4 members (excludes halogenated alkanes) is 45. The van der Waals surface area contributed by atoms with Gasteiger partial charge in [0.2, 0.25) is 5.91 Å². The predicted molar refractivity (Wildman–Crippen MR) is 298 cm³/mol. The van der Waals surface area contributed by atoms with Gasteiger partial charge >= 0.3 is 0 Å². The molecule has 0 aromatic rings. The Hall–Kier alpha value is -0.500. The van der Waals surface area contributed by atoms with E-state index >= 15 is 0 Å². The molecule has 8 nitrogen and oxygen atoms in total. The first-order valence-corrected chi connectivity index (χ1v) is 32.3. The fraction of sp³-hybridized carbons (Fsp3) is 0.983. The van der Waals surface area contributed by atoms with Crippen LogP contribution < -0.4 is 10.2 Å². The second-order valence-corrected chi connectivity index (χ2v) is 24.2. The number of hydrogen-bond donors (Lipinski definition) is 2. The highest BCUT2D eigenvalue weighted by Gasteiger charge is 2.24. The Kier molecular flexibility index (Phi) is 52.0. The number of carbonyl (C=O) groups is 1. The Morgan fingerprint density at radius 2 is 0.710 bits per heavy atom. The Balaban J connectivity index is 3.91. The van der Waals surface area contributed by atoms with Gasteiger partial charge in [-0.25, -0.2) is 0 Å². The van der Waals surface area contributed by atoms with E-state index in [2.05, 4.69) is 19.2 Å². The number of phosphoric acid groups is 1. The summed E-state index contributed by atoms with van der Waals surface area (Å²) in [5, 5.41) is 14.0. The van der Waals surface area contributed by atoms with Crippen molar-refractivity contribution in [2.45, 2.75) is 341 Å². The van der Waals surface area contributed by atoms with Gasteiger partial charge in [0.05, 0.1) is 39.9 Å². The molecular formula is C60H123N2O6P. The van der Waals surface area contributed by atoms with Gasteiger partial charge in [-0.05, 0) is 12.8 Å². The summed E-state index contributed by atoms with van der Waals surface area (Å²) in [5.74, 6) is -0.156. The van der Waals surface area contributed by atoms with Gasteiger partial charge in [0.1, 0.15) is 13.2 Å². The summed E-state index contributed by atoms with van der Waals surface area (Å²) >= 11 is 0. The minimum absolute atomic E-state index is 0.0165. The molecule has 0 aliphatic heterocycles. The molecule has 414 valence electrons. The van der Waals surface area contributed by atoms with Gasteiger partial charge in [-0.3, -0.25) is 9.36 Å². The van der Waals surface area contributed by atoms with Gasteiger partial charge in [0.25, 0.3) is 7.82 Å². The molecule has 0 aliphatic carbocycles. The maximum Gasteiger partial charge on any atom is 0.268 e. The lowest BCUT2D eigenvalue weighted by Crippen LogP contribution is -2.46. The number of rotatable bonds is 58. The van der Waals surface area contributed by atoms with E-state index in [1.54, 1.807) is 0 Å². The van der Waals surface area contributed by atoms with Crippen LogP contribution in [0, 0.1) is 0 Å². The van der Waals surface area contributed by atoms with E-state index in [0.717, 1.165) is 38.5 Å².